The SMILES string of the molecule is CCCc1cc(NC(=O)NC2CC2)n[nH]1. The highest BCUT2D eigenvalue weighted by Gasteiger charge is 2.23. The molecular formula is C10H16N4O. The fourth-order valence-corrected chi connectivity index (χ4v) is 1.39. The van der Waals surface area contributed by atoms with Gasteiger partial charge < -0.3 is 5.32 Å². The molecular weight excluding hydrogens is 192 g/mol. The predicted octanol–water partition coefficient (Wildman–Crippen LogP) is 1.65. The zero-order chi connectivity index (χ0) is 10.7. The second kappa shape index (κ2) is 4.33. The number of carbonyl (C=O) groups is 1. The number of anilines is 1. The second-order valence-corrected chi connectivity index (χ2v) is 3.90. The van der Waals surface area contributed by atoms with Crippen molar-refractivity contribution in [2.75, 3.05) is 5.32 Å². The van der Waals surface area contributed by atoms with Crippen LogP contribution in [0.15, 0.2) is 6.07 Å². The van der Waals surface area contributed by atoms with Crippen molar-refractivity contribution < 1.29 is 4.79 Å². The molecule has 2 amide bonds. The molecule has 0 aromatic carbocycles. The molecule has 0 spiro atoms. The van der Waals surface area contributed by atoms with E-state index in [1.807, 2.05) is 6.07 Å². The van der Waals surface area contributed by atoms with Crippen LogP contribution < -0.4 is 10.6 Å². The Labute approximate surface area is 88.6 Å². The van der Waals surface area contributed by atoms with Crippen molar-refractivity contribution in [2.45, 2.75) is 38.6 Å². The first-order valence-electron chi connectivity index (χ1n) is 5.39. The first-order chi connectivity index (χ1) is 7.28. The van der Waals surface area contributed by atoms with Gasteiger partial charge in [-0.05, 0) is 19.3 Å². The Bertz CT molecular complexity index is 343. The average molecular weight is 208 g/mol. The quantitative estimate of drug-likeness (QED) is 0.704. The molecule has 0 atom stereocenters. The maximum Gasteiger partial charge on any atom is 0.320 e. The number of aryl methyl sites for hydroxylation is 1. The molecule has 5 heteroatoms. The molecule has 0 aliphatic heterocycles. The number of aromatic nitrogens is 2. The molecule has 2 rings (SSSR count). The molecule has 5 nitrogen and oxygen atoms in total. The van der Waals surface area contributed by atoms with E-state index >= 15 is 0 Å². The summed E-state index contributed by atoms with van der Waals surface area (Å²) in [7, 11) is 0. The zero-order valence-corrected chi connectivity index (χ0v) is 8.84. The van der Waals surface area contributed by atoms with Crippen LogP contribution in [0.3, 0.4) is 0 Å². The van der Waals surface area contributed by atoms with Crippen LogP contribution in [0.25, 0.3) is 0 Å². The minimum Gasteiger partial charge on any atom is -0.335 e. The Kier molecular flexibility index (Phi) is 2.89. The number of amides is 2. The lowest BCUT2D eigenvalue weighted by Crippen LogP contribution is -2.30. The number of urea groups is 1. The standard InChI is InChI=1S/C10H16N4O/c1-2-3-8-6-9(14-13-8)12-10(15)11-7-4-5-7/h6-7H,2-5H2,1H3,(H3,11,12,13,14,15). The number of hydrogen-bond donors (Lipinski definition) is 3. The van der Waals surface area contributed by atoms with Gasteiger partial charge in [-0.3, -0.25) is 10.4 Å². The number of aromatic amines is 1. The summed E-state index contributed by atoms with van der Waals surface area (Å²) in [6, 6.07) is 2.08. The summed E-state index contributed by atoms with van der Waals surface area (Å²) in [5, 5.41) is 12.4. The Morgan fingerprint density at radius 2 is 2.47 bits per heavy atom. The summed E-state index contributed by atoms with van der Waals surface area (Å²) in [5.41, 5.74) is 1.05. The molecule has 15 heavy (non-hydrogen) atoms. The molecule has 0 radical (unpaired) electrons. The van der Waals surface area contributed by atoms with E-state index < -0.39 is 0 Å². The number of nitrogens with one attached hydrogen (secondary N) is 3. The Morgan fingerprint density at radius 1 is 1.67 bits per heavy atom. The first-order valence-corrected chi connectivity index (χ1v) is 5.39. The zero-order valence-electron chi connectivity index (χ0n) is 8.84. The van der Waals surface area contributed by atoms with E-state index in [0.717, 1.165) is 31.4 Å². The van der Waals surface area contributed by atoms with E-state index in [4.69, 9.17) is 0 Å². The van der Waals surface area contributed by atoms with Gasteiger partial charge in [0.2, 0.25) is 0 Å². The Morgan fingerprint density at radius 3 is 3.13 bits per heavy atom. The fourth-order valence-electron chi connectivity index (χ4n) is 1.39. The molecule has 1 aliphatic rings. The summed E-state index contributed by atoms with van der Waals surface area (Å²) in [4.78, 5) is 11.4. The van der Waals surface area contributed by atoms with E-state index in [0.29, 0.717) is 11.9 Å². The van der Waals surface area contributed by atoms with E-state index in [1.165, 1.54) is 0 Å². The van der Waals surface area contributed by atoms with E-state index in [9.17, 15) is 4.79 Å². The monoisotopic (exact) mass is 208 g/mol. The van der Waals surface area contributed by atoms with Gasteiger partial charge in [0.25, 0.3) is 0 Å². The lowest BCUT2D eigenvalue weighted by molar-refractivity contribution is 0.251. The number of hydrogen-bond acceptors (Lipinski definition) is 2. The third-order valence-corrected chi connectivity index (χ3v) is 2.30. The fraction of sp³-hybridized carbons (Fsp3) is 0.600. The average Bonchev–Trinajstić information content (AvgIpc) is 2.88. The van der Waals surface area contributed by atoms with Crippen LogP contribution in [0.4, 0.5) is 10.6 Å². The summed E-state index contributed by atoms with van der Waals surface area (Å²) >= 11 is 0. The van der Waals surface area contributed by atoms with Crippen LogP contribution in [0.2, 0.25) is 0 Å². The summed E-state index contributed by atoms with van der Waals surface area (Å²) < 4.78 is 0. The molecule has 1 aliphatic carbocycles. The van der Waals surface area contributed by atoms with Crippen molar-refractivity contribution in [1.82, 2.24) is 15.5 Å². The van der Waals surface area contributed by atoms with Crippen molar-refractivity contribution in [3.63, 3.8) is 0 Å². The first kappa shape index (κ1) is 10.0. The molecule has 82 valence electrons. The van der Waals surface area contributed by atoms with Crippen molar-refractivity contribution in [1.29, 1.82) is 0 Å². The van der Waals surface area contributed by atoms with E-state index in [1.54, 1.807) is 0 Å². The lowest BCUT2D eigenvalue weighted by Gasteiger charge is -2.02. The van der Waals surface area contributed by atoms with Gasteiger partial charge in [0, 0.05) is 17.8 Å². The minimum atomic E-state index is -0.160. The molecule has 1 fully saturated rings. The van der Waals surface area contributed by atoms with Crippen molar-refractivity contribution in [3.05, 3.63) is 11.8 Å². The van der Waals surface area contributed by atoms with Gasteiger partial charge in [-0.15, -0.1) is 0 Å². The third-order valence-electron chi connectivity index (χ3n) is 2.30. The maximum absolute atomic E-state index is 11.4. The predicted molar refractivity (Wildman–Crippen MR) is 57.8 cm³/mol. The number of carbonyl (C=O) groups excluding carboxylic acids is 1. The van der Waals surface area contributed by atoms with Gasteiger partial charge in [-0.2, -0.15) is 5.10 Å². The van der Waals surface area contributed by atoms with Crippen LogP contribution in [0.5, 0.6) is 0 Å². The Hall–Kier alpha value is -1.52. The summed E-state index contributed by atoms with van der Waals surface area (Å²) in [6.07, 6.45) is 4.21. The molecule has 1 heterocycles. The van der Waals surface area contributed by atoms with Crippen LogP contribution >= 0.6 is 0 Å². The summed E-state index contributed by atoms with van der Waals surface area (Å²) in [5.74, 6) is 0.594. The normalized spacial score (nSPS) is 15.0. The van der Waals surface area contributed by atoms with Crippen molar-refractivity contribution in [3.8, 4) is 0 Å². The van der Waals surface area contributed by atoms with Crippen molar-refractivity contribution >= 4 is 11.8 Å². The third kappa shape index (κ3) is 2.97. The van der Waals surface area contributed by atoms with Crippen LogP contribution in [-0.2, 0) is 6.42 Å². The van der Waals surface area contributed by atoms with Crippen LogP contribution in [0, 0.1) is 0 Å². The molecule has 1 aromatic rings. The van der Waals surface area contributed by atoms with Gasteiger partial charge in [-0.1, -0.05) is 13.3 Å². The molecule has 0 bridgehead atoms. The molecule has 1 aromatic heterocycles. The number of H-pyrrole nitrogens is 1. The molecule has 3 N–H and O–H groups in total. The molecule has 0 unspecified atom stereocenters. The molecule has 0 saturated heterocycles. The van der Waals surface area contributed by atoms with Gasteiger partial charge in [0.1, 0.15) is 0 Å². The number of rotatable bonds is 4. The van der Waals surface area contributed by atoms with Gasteiger partial charge in [0.05, 0.1) is 0 Å². The largest absolute Gasteiger partial charge is 0.335 e. The lowest BCUT2D eigenvalue weighted by atomic mass is 10.2. The topological polar surface area (TPSA) is 69.8 Å². The minimum absolute atomic E-state index is 0.160. The highest BCUT2D eigenvalue weighted by Crippen LogP contribution is 2.18. The van der Waals surface area contributed by atoms with E-state index in [2.05, 4.69) is 27.8 Å². The van der Waals surface area contributed by atoms with Crippen LogP contribution in [-0.4, -0.2) is 22.3 Å². The maximum atomic E-state index is 11.4. The van der Waals surface area contributed by atoms with Gasteiger partial charge in [0.15, 0.2) is 5.82 Å². The van der Waals surface area contributed by atoms with E-state index in [-0.39, 0.29) is 6.03 Å². The highest BCUT2D eigenvalue weighted by molar-refractivity contribution is 5.88. The molecule has 1 saturated carbocycles. The highest BCUT2D eigenvalue weighted by atomic mass is 16.2. The van der Waals surface area contributed by atoms with Gasteiger partial charge in [-0.25, -0.2) is 4.79 Å². The second-order valence-electron chi connectivity index (χ2n) is 3.90. The Balaban J connectivity index is 1.83. The van der Waals surface area contributed by atoms with Crippen LogP contribution in [0.1, 0.15) is 31.9 Å². The van der Waals surface area contributed by atoms with Crippen molar-refractivity contribution in [2.24, 2.45) is 0 Å². The summed E-state index contributed by atoms with van der Waals surface area (Å²) in [6.45, 7) is 2.10. The smallest absolute Gasteiger partial charge is 0.320 e. The number of nitrogens with zero attached hydrogens (tertiary/aromatic N) is 1. The van der Waals surface area contributed by atoms with Gasteiger partial charge >= 0.3 is 6.03 Å².